The van der Waals surface area contributed by atoms with Crippen LogP contribution in [0.5, 0.6) is 0 Å². The highest BCUT2D eigenvalue weighted by Crippen LogP contribution is 2.40. The van der Waals surface area contributed by atoms with Crippen LogP contribution in [0.25, 0.3) is 0 Å². The van der Waals surface area contributed by atoms with Crippen LogP contribution in [-0.4, -0.2) is 35.7 Å². The number of hydrogen-bond acceptors (Lipinski definition) is 3. The van der Waals surface area contributed by atoms with E-state index in [4.69, 9.17) is 4.74 Å². The Kier molecular flexibility index (Phi) is 5.15. The summed E-state index contributed by atoms with van der Waals surface area (Å²) in [5.41, 5.74) is -0.874. The fourth-order valence-electron chi connectivity index (χ4n) is 3.70. The molecule has 1 atom stereocenters. The summed E-state index contributed by atoms with van der Waals surface area (Å²) in [5, 5.41) is 12.1. The van der Waals surface area contributed by atoms with Crippen molar-refractivity contribution in [2.75, 3.05) is 13.2 Å². The molecule has 1 aliphatic carbocycles. The normalized spacial score (nSPS) is 32.7. The number of carboxylic acid groups (broad SMARTS) is 1. The van der Waals surface area contributed by atoms with Crippen LogP contribution in [0.2, 0.25) is 0 Å². The van der Waals surface area contributed by atoms with E-state index in [2.05, 4.69) is 26.1 Å². The second kappa shape index (κ2) is 6.57. The van der Waals surface area contributed by atoms with E-state index in [1.54, 1.807) is 0 Å². The van der Waals surface area contributed by atoms with Gasteiger partial charge in [0.15, 0.2) is 5.54 Å². The maximum Gasteiger partial charge on any atom is 0.331 e. The first-order valence-electron chi connectivity index (χ1n) is 8.35. The van der Waals surface area contributed by atoms with Crippen molar-refractivity contribution in [2.24, 2.45) is 17.3 Å². The van der Waals surface area contributed by atoms with E-state index >= 15 is 0 Å². The lowest BCUT2D eigenvalue weighted by atomic mass is 9.69. The second-order valence-electron chi connectivity index (χ2n) is 8.03. The molecule has 2 fully saturated rings. The number of aliphatic carboxylic acids is 1. The van der Waals surface area contributed by atoms with Gasteiger partial charge in [0.05, 0.1) is 6.61 Å². The number of carboxylic acids is 1. The van der Waals surface area contributed by atoms with E-state index in [0.29, 0.717) is 30.8 Å². The summed E-state index contributed by atoms with van der Waals surface area (Å²) in [4.78, 5) is 23.6. The second-order valence-corrected chi connectivity index (χ2v) is 8.03. The van der Waals surface area contributed by atoms with Crippen LogP contribution in [0.1, 0.15) is 59.3 Å². The van der Waals surface area contributed by atoms with E-state index in [1.165, 1.54) is 0 Å². The molecule has 1 saturated carbocycles. The van der Waals surface area contributed by atoms with Crippen LogP contribution in [0.3, 0.4) is 0 Å². The van der Waals surface area contributed by atoms with E-state index in [9.17, 15) is 14.7 Å². The summed E-state index contributed by atoms with van der Waals surface area (Å²) in [7, 11) is 0. The van der Waals surface area contributed by atoms with Gasteiger partial charge in [-0.2, -0.15) is 0 Å². The minimum atomic E-state index is -1.21. The molecule has 1 heterocycles. The minimum absolute atomic E-state index is 0.0742. The quantitative estimate of drug-likeness (QED) is 0.837. The highest BCUT2D eigenvalue weighted by molar-refractivity contribution is 5.87. The summed E-state index contributed by atoms with van der Waals surface area (Å²) < 4.78 is 5.17. The lowest BCUT2D eigenvalue weighted by Crippen LogP contribution is -2.55. The van der Waals surface area contributed by atoms with Gasteiger partial charge in [-0.3, -0.25) is 4.79 Å². The van der Waals surface area contributed by atoms with E-state index in [-0.39, 0.29) is 12.5 Å². The molecule has 0 aromatic rings. The molecular weight excluding hydrogens is 282 g/mol. The van der Waals surface area contributed by atoms with Crippen LogP contribution >= 0.6 is 0 Å². The Morgan fingerprint density at radius 2 is 1.86 bits per heavy atom. The number of rotatable bonds is 4. The van der Waals surface area contributed by atoms with E-state index in [1.807, 2.05) is 0 Å². The van der Waals surface area contributed by atoms with Crippen LogP contribution < -0.4 is 5.32 Å². The summed E-state index contributed by atoms with van der Waals surface area (Å²) in [6.45, 7) is 7.30. The Bertz CT molecular complexity index is 413. The maximum absolute atomic E-state index is 12.2. The molecule has 5 heteroatoms. The molecule has 1 aliphatic heterocycles. The van der Waals surface area contributed by atoms with Crippen molar-refractivity contribution in [3.8, 4) is 0 Å². The van der Waals surface area contributed by atoms with E-state index < -0.39 is 11.5 Å². The molecule has 5 nitrogen and oxygen atoms in total. The highest BCUT2D eigenvalue weighted by atomic mass is 16.5. The molecule has 0 radical (unpaired) electrons. The number of hydrogen-bond donors (Lipinski definition) is 2. The predicted octanol–water partition coefficient (Wildman–Crippen LogP) is 2.59. The molecule has 2 rings (SSSR count). The first-order chi connectivity index (χ1) is 10.2. The highest BCUT2D eigenvalue weighted by Gasteiger charge is 2.44. The third-order valence-electron chi connectivity index (χ3n) is 5.36. The fraction of sp³-hybridized carbons (Fsp3) is 0.882. The first kappa shape index (κ1) is 17.3. The van der Waals surface area contributed by atoms with Crippen molar-refractivity contribution in [1.82, 2.24) is 5.32 Å². The molecule has 1 amide bonds. The van der Waals surface area contributed by atoms with Gasteiger partial charge in [-0.15, -0.1) is 0 Å². The third kappa shape index (κ3) is 4.00. The molecule has 0 spiro atoms. The maximum atomic E-state index is 12.2. The Labute approximate surface area is 132 Å². The van der Waals surface area contributed by atoms with Crippen molar-refractivity contribution in [3.05, 3.63) is 0 Å². The number of carbonyl (C=O) groups excluding carboxylic acids is 1. The van der Waals surface area contributed by atoms with Gasteiger partial charge < -0.3 is 15.2 Å². The molecule has 2 N–H and O–H groups in total. The molecular formula is C17H29NO4. The van der Waals surface area contributed by atoms with Crippen LogP contribution in [0.4, 0.5) is 0 Å². The van der Waals surface area contributed by atoms with Crippen molar-refractivity contribution < 1.29 is 19.4 Å². The zero-order valence-electron chi connectivity index (χ0n) is 14.0. The van der Waals surface area contributed by atoms with Gasteiger partial charge in [-0.05, 0) is 42.9 Å². The summed E-state index contributed by atoms with van der Waals surface area (Å²) in [6.07, 6.45) is 5.23. The number of ether oxygens (including phenoxy) is 1. The summed E-state index contributed by atoms with van der Waals surface area (Å²) in [6, 6.07) is 0. The molecule has 22 heavy (non-hydrogen) atoms. The topological polar surface area (TPSA) is 75.6 Å². The van der Waals surface area contributed by atoms with Gasteiger partial charge in [0.1, 0.15) is 0 Å². The van der Waals surface area contributed by atoms with Gasteiger partial charge >= 0.3 is 5.97 Å². The predicted molar refractivity (Wildman–Crippen MR) is 83.5 cm³/mol. The van der Waals surface area contributed by atoms with Gasteiger partial charge in [-0.1, -0.05) is 20.8 Å². The average molecular weight is 311 g/mol. The van der Waals surface area contributed by atoms with Gasteiger partial charge in [0.2, 0.25) is 5.91 Å². The average Bonchev–Trinajstić information content (AvgIpc) is 2.88. The van der Waals surface area contributed by atoms with Crippen molar-refractivity contribution in [2.45, 2.75) is 64.8 Å². The third-order valence-corrected chi connectivity index (χ3v) is 5.36. The van der Waals surface area contributed by atoms with Crippen molar-refractivity contribution in [1.29, 1.82) is 0 Å². The lowest BCUT2D eigenvalue weighted by Gasteiger charge is -2.37. The number of carbonyl (C=O) groups is 2. The van der Waals surface area contributed by atoms with Gasteiger partial charge in [0.25, 0.3) is 0 Å². The van der Waals surface area contributed by atoms with Crippen LogP contribution in [0, 0.1) is 17.3 Å². The van der Waals surface area contributed by atoms with Crippen molar-refractivity contribution in [3.63, 3.8) is 0 Å². The Morgan fingerprint density at radius 1 is 1.23 bits per heavy atom. The molecule has 0 aromatic heterocycles. The summed E-state index contributed by atoms with van der Waals surface area (Å²) >= 11 is 0. The van der Waals surface area contributed by atoms with Crippen LogP contribution in [0.15, 0.2) is 0 Å². The number of amides is 1. The molecule has 0 bridgehead atoms. The Morgan fingerprint density at radius 3 is 2.32 bits per heavy atom. The first-order valence-corrected chi connectivity index (χ1v) is 8.35. The Balaban J connectivity index is 1.82. The van der Waals surface area contributed by atoms with Crippen LogP contribution in [-0.2, 0) is 14.3 Å². The SMILES string of the molecule is CC(C)(C)C1CCC(CC(=O)NC2(C(=O)O)CCOC2)CC1. The standard InChI is InChI=1S/C17H29NO4/c1-16(2,3)13-6-4-12(5-7-13)10-14(19)18-17(15(20)21)8-9-22-11-17/h12-13H,4-11H2,1-3H3,(H,18,19)(H,20,21). The van der Waals surface area contributed by atoms with Gasteiger partial charge in [0, 0.05) is 19.4 Å². The largest absolute Gasteiger partial charge is 0.479 e. The summed E-state index contributed by atoms with van der Waals surface area (Å²) in [5.74, 6) is -0.0333. The number of nitrogens with one attached hydrogen (secondary N) is 1. The lowest BCUT2D eigenvalue weighted by molar-refractivity contribution is -0.147. The zero-order valence-corrected chi connectivity index (χ0v) is 14.0. The molecule has 126 valence electrons. The monoisotopic (exact) mass is 311 g/mol. The van der Waals surface area contributed by atoms with Crippen molar-refractivity contribution >= 4 is 11.9 Å². The fourth-order valence-corrected chi connectivity index (χ4v) is 3.70. The van der Waals surface area contributed by atoms with Gasteiger partial charge in [-0.25, -0.2) is 4.79 Å². The molecule has 0 aromatic carbocycles. The smallest absolute Gasteiger partial charge is 0.331 e. The molecule has 1 unspecified atom stereocenters. The molecule has 1 saturated heterocycles. The zero-order chi connectivity index (χ0) is 16.4. The minimum Gasteiger partial charge on any atom is -0.479 e. The molecule has 2 aliphatic rings. The Hall–Kier alpha value is -1.10. The van der Waals surface area contributed by atoms with E-state index in [0.717, 1.165) is 31.6 Å².